The first-order valence-corrected chi connectivity index (χ1v) is 8.03. The Kier molecular flexibility index (Phi) is 5.81. The number of nitrogens with zero attached hydrogens (tertiary/aromatic N) is 2. The number of amides is 2. The number of hydrogen-bond donors (Lipinski definition) is 0. The van der Waals surface area contributed by atoms with Crippen molar-refractivity contribution in [1.29, 1.82) is 0 Å². The fraction of sp³-hybridized carbons (Fsp3) is 0.235. The van der Waals surface area contributed by atoms with Crippen molar-refractivity contribution in [3.05, 3.63) is 40.9 Å². The summed E-state index contributed by atoms with van der Waals surface area (Å²) in [5, 5.41) is 0.442. The lowest BCUT2D eigenvalue weighted by molar-refractivity contribution is -0.132. The minimum absolute atomic E-state index is 0.0171. The van der Waals surface area contributed by atoms with Gasteiger partial charge in [-0.2, -0.15) is 0 Å². The van der Waals surface area contributed by atoms with E-state index in [1.807, 2.05) is 0 Å². The summed E-state index contributed by atoms with van der Waals surface area (Å²) in [6.45, 7) is 3.84. The molecule has 2 rings (SSSR count). The molecule has 1 aromatic carbocycles. The molecule has 0 saturated carbocycles. The van der Waals surface area contributed by atoms with E-state index < -0.39 is 11.8 Å². The van der Waals surface area contributed by atoms with Crippen LogP contribution in [0.25, 0.3) is 6.08 Å². The number of halogens is 1. The highest BCUT2D eigenvalue weighted by atomic mass is 35.5. The topological polar surface area (TPSA) is 59.1 Å². The van der Waals surface area contributed by atoms with Crippen LogP contribution in [0, 0.1) is 0 Å². The summed E-state index contributed by atoms with van der Waals surface area (Å²) in [5.74, 6) is -0.206. The van der Waals surface area contributed by atoms with Crippen molar-refractivity contribution in [2.75, 3.05) is 27.8 Å². The number of carbonyl (C=O) groups excluding carboxylic acids is 2. The lowest BCUT2D eigenvalue weighted by atomic mass is 10.1. The number of benzene rings is 1. The second-order valence-electron chi connectivity index (χ2n) is 5.20. The van der Waals surface area contributed by atoms with Gasteiger partial charge < -0.3 is 9.47 Å². The molecule has 0 unspecified atom stereocenters. The predicted molar refractivity (Wildman–Crippen MR) is 99.8 cm³/mol. The third kappa shape index (κ3) is 3.67. The Morgan fingerprint density at radius 3 is 2.36 bits per heavy atom. The van der Waals surface area contributed by atoms with Gasteiger partial charge >= 0.3 is 0 Å². The molecule has 2 amide bonds. The predicted octanol–water partition coefficient (Wildman–Crippen LogP) is 2.51. The van der Waals surface area contributed by atoms with Crippen molar-refractivity contribution in [3.8, 4) is 11.5 Å². The van der Waals surface area contributed by atoms with Gasteiger partial charge in [-0.05, 0) is 36.0 Å². The molecule has 1 saturated heterocycles. The first-order valence-electron chi connectivity index (χ1n) is 7.24. The summed E-state index contributed by atoms with van der Waals surface area (Å²) >= 11 is 11.3. The molecule has 25 heavy (non-hydrogen) atoms. The van der Waals surface area contributed by atoms with Gasteiger partial charge in [-0.15, -0.1) is 0 Å². The summed E-state index contributed by atoms with van der Waals surface area (Å²) in [6, 6.07) is 3.22. The number of likely N-dealkylation sites (N-methyl/N-ethyl adjacent to an activating group) is 2. The molecule has 1 aliphatic heterocycles. The fourth-order valence-corrected chi connectivity index (χ4v) is 2.69. The minimum atomic E-state index is -0.477. The van der Waals surface area contributed by atoms with Crippen LogP contribution < -0.4 is 9.47 Å². The van der Waals surface area contributed by atoms with Gasteiger partial charge in [0.25, 0.3) is 11.8 Å². The maximum atomic E-state index is 12.4. The molecule has 1 heterocycles. The number of ether oxygens (including phenoxy) is 2. The molecule has 1 aromatic rings. The number of carbonyl (C=O) groups is 2. The summed E-state index contributed by atoms with van der Waals surface area (Å²) in [6.07, 6.45) is 3.03. The average Bonchev–Trinajstić information content (AvgIpc) is 2.60. The first kappa shape index (κ1) is 19.0. The normalized spacial score (nSPS) is 14.7. The molecule has 0 atom stereocenters. The molecular formula is C17H17ClN2O4S. The molecule has 0 aliphatic carbocycles. The smallest absolute Gasteiger partial charge is 0.265 e. The van der Waals surface area contributed by atoms with Crippen molar-refractivity contribution >= 4 is 46.8 Å². The van der Waals surface area contributed by atoms with Crippen LogP contribution in [0.4, 0.5) is 0 Å². The monoisotopic (exact) mass is 380 g/mol. The molecule has 0 N–H and O–H groups in total. The van der Waals surface area contributed by atoms with Gasteiger partial charge in [0.05, 0.1) is 12.1 Å². The van der Waals surface area contributed by atoms with Crippen LogP contribution in [0.1, 0.15) is 5.56 Å². The summed E-state index contributed by atoms with van der Waals surface area (Å²) in [5.41, 5.74) is 0.510. The lowest BCUT2D eigenvalue weighted by Crippen LogP contribution is -2.52. The van der Waals surface area contributed by atoms with E-state index in [-0.39, 0.29) is 17.3 Å². The molecule has 0 aromatic heterocycles. The Morgan fingerprint density at radius 1 is 1.24 bits per heavy atom. The van der Waals surface area contributed by atoms with Crippen molar-refractivity contribution in [3.63, 3.8) is 0 Å². The van der Waals surface area contributed by atoms with Crippen LogP contribution in [0.2, 0.25) is 5.02 Å². The maximum absolute atomic E-state index is 12.4. The standard InChI is InChI=1S/C17H17ClN2O4S/c1-5-6-24-14-12(18)8-10(9-13(14)23-4)7-11-15(21)19(2)17(25)20(3)16(11)22/h5,7-9H,1,6H2,2-4H3. The second-order valence-corrected chi connectivity index (χ2v) is 5.98. The van der Waals surface area contributed by atoms with Crippen molar-refractivity contribution < 1.29 is 19.1 Å². The number of rotatable bonds is 5. The van der Waals surface area contributed by atoms with E-state index in [9.17, 15) is 9.59 Å². The van der Waals surface area contributed by atoms with Crippen LogP contribution in [0.5, 0.6) is 11.5 Å². The van der Waals surface area contributed by atoms with E-state index >= 15 is 0 Å². The van der Waals surface area contributed by atoms with E-state index in [2.05, 4.69) is 6.58 Å². The molecule has 1 aliphatic rings. The van der Waals surface area contributed by atoms with E-state index in [0.29, 0.717) is 22.1 Å². The highest BCUT2D eigenvalue weighted by Crippen LogP contribution is 2.37. The molecule has 0 spiro atoms. The van der Waals surface area contributed by atoms with E-state index in [1.165, 1.54) is 37.1 Å². The van der Waals surface area contributed by atoms with Gasteiger partial charge in [0, 0.05) is 14.1 Å². The summed E-state index contributed by atoms with van der Waals surface area (Å²) in [7, 11) is 4.50. The van der Waals surface area contributed by atoms with Gasteiger partial charge in [-0.25, -0.2) is 0 Å². The molecule has 0 bridgehead atoms. The highest BCUT2D eigenvalue weighted by molar-refractivity contribution is 7.80. The van der Waals surface area contributed by atoms with Gasteiger partial charge in [0.1, 0.15) is 12.2 Å². The second kappa shape index (κ2) is 7.67. The van der Waals surface area contributed by atoms with Crippen molar-refractivity contribution in [2.24, 2.45) is 0 Å². The quantitative estimate of drug-likeness (QED) is 0.340. The minimum Gasteiger partial charge on any atom is -0.493 e. The van der Waals surface area contributed by atoms with Crippen LogP contribution in [-0.2, 0) is 9.59 Å². The zero-order valence-electron chi connectivity index (χ0n) is 14.0. The summed E-state index contributed by atoms with van der Waals surface area (Å²) < 4.78 is 10.8. The molecule has 0 radical (unpaired) electrons. The zero-order chi connectivity index (χ0) is 18.7. The van der Waals surface area contributed by atoms with Gasteiger partial charge in [0.15, 0.2) is 16.6 Å². The van der Waals surface area contributed by atoms with Gasteiger partial charge in [-0.3, -0.25) is 19.4 Å². The SMILES string of the molecule is C=CCOc1c(Cl)cc(C=C2C(=O)N(C)C(=S)N(C)C2=O)cc1OC. The van der Waals surface area contributed by atoms with E-state index in [0.717, 1.165) is 0 Å². The fourth-order valence-electron chi connectivity index (χ4n) is 2.25. The average molecular weight is 381 g/mol. The van der Waals surface area contributed by atoms with Crippen LogP contribution in [-0.4, -0.2) is 54.5 Å². The largest absolute Gasteiger partial charge is 0.493 e. The lowest BCUT2D eigenvalue weighted by Gasteiger charge is -2.31. The van der Waals surface area contributed by atoms with Crippen molar-refractivity contribution in [2.45, 2.75) is 0 Å². The molecule has 6 nitrogen and oxygen atoms in total. The molecule has 1 fully saturated rings. The van der Waals surface area contributed by atoms with Crippen LogP contribution >= 0.6 is 23.8 Å². The van der Waals surface area contributed by atoms with Crippen LogP contribution in [0.3, 0.4) is 0 Å². The third-order valence-electron chi connectivity index (χ3n) is 3.55. The maximum Gasteiger partial charge on any atom is 0.265 e. The first-order chi connectivity index (χ1) is 11.8. The zero-order valence-corrected chi connectivity index (χ0v) is 15.6. The van der Waals surface area contributed by atoms with E-state index in [4.69, 9.17) is 33.3 Å². The number of thiocarbonyl (C=S) groups is 1. The molecular weight excluding hydrogens is 364 g/mol. The molecule has 132 valence electrons. The number of hydrogen-bond acceptors (Lipinski definition) is 5. The Bertz CT molecular complexity index is 765. The highest BCUT2D eigenvalue weighted by Gasteiger charge is 2.35. The Morgan fingerprint density at radius 2 is 1.84 bits per heavy atom. The van der Waals surface area contributed by atoms with Gasteiger partial charge in [-0.1, -0.05) is 24.3 Å². The van der Waals surface area contributed by atoms with Gasteiger partial charge in [0.2, 0.25) is 0 Å². The Labute approximate surface area is 156 Å². The molecule has 8 heteroatoms. The summed E-state index contributed by atoms with van der Waals surface area (Å²) in [4.78, 5) is 27.2. The van der Waals surface area contributed by atoms with Crippen LogP contribution in [0.15, 0.2) is 30.4 Å². The Balaban J connectivity index is 2.48. The number of methoxy groups -OCH3 is 1. The van der Waals surface area contributed by atoms with Crippen molar-refractivity contribution in [1.82, 2.24) is 9.80 Å². The third-order valence-corrected chi connectivity index (χ3v) is 4.38. The Hall–Kier alpha value is -2.38. The van der Waals surface area contributed by atoms with E-state index in [1.54, 1.807) is 18.2 Å².